The summed E-state index contributed by atoms with van der Waals surface area (Å²) in [7, 11) is -3.03. The first-order chi connectivity index (χ1) is 5.67. The Morgan fingerprint density at radius 3 is 2.83 bits per heavy atom. The minimum Gasteiger partial charge on any atom is -0.315 e. The molecule has 0 spiro atoms. The lowest BCUT2D eigenvalue weighted by Gasteiger charge is -2.10. The molecule has 0 radical (unpaired) electrons. The first kappa shape index (κ1) is 9.95. The number of nitrogens with one attached hydrogen (secondary N) is 2. The molecule has 1 aliphatic rings. The molecule has 12 heavy (non-hydrogen) atoms. The van der Waals surface area contributed by atoms with E-state index in [1.54, 1.807) is 0 Å². The van der Waals surface area contributed by atoms with Crippen LogP contribution in [0.15, 0.2) is 0 Å². The lowest BCUT2D eigenvalue weighted by molar-refractivity contribution is 0.567. The summed E-state index contributed by atoms with van der Waals surface area (Å²) in [5.74, 6) is 0. The van der Waals surface area contributed by atoms with E-state index in [1.807, 2.05) is 6.92 Å². The molecule has 1 saturated heterocycles. The molecule has 2 N–H and O–H groups in total. The van der Waals surface area contributed by atoms with Crippen molar-refractivity contribution in [2.45, 2.75) is 25.0 Å². The van der Waals surface area contributed by atoms with Gasteiger partial charge in [-0.25, -0.2) is 13.1 Å². The van der Waals surface area contributed by atoms with Crippen LogP contribution < -0.4 is 10.0 Å². The summed E-state index contributed by atoms with van der Waals surface area (Å²) in [5, 5.41) is 2.82. The molecule has 72 valence electrons. The fraction of sp³-hybridized carbons (Fsp3) is 1.00. The van der Waals surface area contributed by atoms with E-state index in [-0.39, 0.29) is 5.25 Å². The molecular weight excluding hydrogens is 176 g/mol. The lowest BCUT2D eigenvalue weighted by Crippen LogP contribution is -2.35. The zero-order valence-corrected chi connectivity index (χ0v) is 8.15. The average molecular weight is 192 g/mol. The van der Waals surface area contributed by atoms with Gasteiger partial charge in [-0.2, -0.15) is 0 Å². The molecule has 1 fully saturated rings. The highest BCUT2D eigenvalue weighted by Gasteiger charge is 2.27. The molecule has 5 heteroatoms. The smallest absolute Gasteiger partial charge is 0.215 e. The summed E-state index contributed by atoms with van der Waals surface area (Å²) in [4.78, 5) is 0. The molecule has 1 aliphatic heterocycles. The van der Waals surface area contributed by atoms with Gasteiger partial charge in [0.15, 0.2) is 0 Å². The zero-order chi connectivity index (χ0) is 9.03. The predicted octanol–water partition coefficient (Wildman–Crippen LogP) is -0.322. The van der Waals surface area contributed by atoms with E-state index < -0.39 is 10.0 Å². The first-order valence-corrected chi connectivity index (χ1v) is 5.90. The average Bonchev–Trinajstić information content (AvgIpc) is 2.53. The van der Waals surface area contributed by atoms with Gasteiger partial charge in [0.25, 0.3) is 0 Å². The van der Waals surface area contributed by atoms with Gasteiger partial charge < -0.3 is 5.32 Å². The van der Waals surface area contributed by atoms with Crippen molar-refractivity contribution in [1.29, 1.82) is 0 Å². The van der Waals surface area contributed by atoms with E-state index in [0.717, 1.165) is 19.4 Å². The topological polar surface area (TPSA) is 58.2 Å². The van der Waals surface area contributed by atoms with E-state index >= 15 is 0 Å². The van der Waals surface area contributed by atoms with Crippen LogP contribution >= 0.6 is 0 Å². The summed E-state index contributed by atoms with van der Waals surface area (Å²) >= 11 is 0. The molecule has 1 atom stereocenters. The quantitative estimate of drug-likeness (QED) is 0.641. The summed E-state index contributed by atoms with van der Waals surface area (Å²) in [5.41, 5.74) is 0. The molecule has 1 heterocycles. The number of rotatable bonds is 4. The van der Waals surface area contributed by atoms with E-state index in [4.69, 9.17) is 0 Å². The molecule has 0 aliphatic carbocycles. The fourth-order valence-corrected chi connectivity index (χ4v) is 2.74. The Labute approximate surface area is 73.8 Å². The van der Waals surface area contributed by atoms with Gasteiger partial charge in [0, 0.05) is 13.1 Å². The number of sulfonamides is 1. The van der Waals surface area contributed by atoms with Gasteiger partial charge in [0.1, 0.15) is 0 Å². The largest absolute Gasteiger partial charge is 0.315 e. The predicted molar refractivity (Wildman–Crippen MR) is 48.5 cm³/mol. The Bertz CT molecular complexity index is 220. The summed E-state index contributed by atoms with van der Waals surface area (Å²) in [6.07, 6.45) is 1.58. The van der Waals surface area contributed by atoms with Gasteiger partial charge in [-0.1, -0.05) is 6.92 Å². The van der Waals surface area contributed by atoms with Crippen LogP contribution in [0.5, 0.6) is 0 Å². The Kier molecular flexibility index (Phi) is 3.49. The normalized spacial score (nSPS) is 24.6. The minimum atomic E-state index is -3.03. The van der Waals surface area contributed by atoms with Gasteiger partial charge in [-0.15, -0.1) is 0 Å². The standard InChI is InChI=1S/C7H16N2O2S/c1-2-4-9-12(10,11)7-3-5-8-6-7/h7-9H,2-6H2,1H3. The van der Waals surface area contributed by atoms with Gasteiger partial charge in [0.05, 0.1) is 5.25 Å². The maximum Gasteiger partial charge on any atom is 0.215 e. The van der Waals surface area contributed by atoms with E-state index in [0.29, 0.717) is 13.1 Å². The minimum absolute atomic E-state index is 0.218. The molecule has 0 aromatic heterocycles. The van der Waals surface area contributed by atoms with Crippen LogP contribution in [0.25, 0.3) is 0 Å². The van der Waals surface area contributed by atoms with Crippen molar-refractivity contribution in [2.75, 3.05) is 19.6 Å². The molecule has 0 aromatic rings. The second-order valence-corrected chi connectivity index (χ2v) is 5.10. The Balaban J connectivity index is 2.46. The van der Waals surface area contributed by atoms with Crippen molar-refractivity contribution in [3.63, 3.8) is 0 Å². The third kappa shape index (κ3) is 2.43. The lowest BCUT2D eigenvalue weighted by atomic mass is 10.4. The molecule has 0 saturated carbocycles. The van der Waals surface area contributed by atoms with Crippen LogP contribution in [-0.2, 0) is 10.0 Å². The van der Waals surface area contributed by atoms with Crippen LogP contribution in [0.2, 0.25) is 0 Å². The van der Waals surface area contributed by atoms with Crippen molar-refractivity contribution in [3.05, 3.63) is 0 Å². The first-order valence-electron chi connectivity index (χ1n) is 4.36. The molecule has 0 aromatic carbocycles. The van der Waals surface area contributed by atoms with Crippen LogP contribution in [0.1, 0.15) is 19.8 Å². The van der Waals surface area contributed by atoms with Crippen molar-refractivity contribution in [3.8, 4) is 0 Å². The third-order valence-electron chi connectivity index (χ3n) is 2.01. The fourth-order valence-electron chi connectivity index (χ4n) is 1.26. The second-order valence-electron chi connectivity index (χ2n) is 3.05. The van der Waals surface area contributed by atoms with Gasteiger partial charge in [0.2, 0.25) is 10.0 Å². The Morgan fingerprint density at radius 2 is 2.33 bits per heavy atom. The molecule has 0 bridgehead atoms. The van der Waals surface area contributed by atoms with Crippen molar-refractivity contribution in [2.24, 2.45) is 0 Å². The monoisotopic (exact) mass is 192 g/mol. The molecule has 4 nitrogen and oxygen atoms in total. The van der Waals surface area contributed by atoms with Gasteiger partial charge in [-0.3, -0.25) is 0 Å². The van der Waals surface area contributed by atoms with Crippen LogP contribution in [-0.4, -0.2) is 33.3 Å². The third-order valence-corrected chi connectivity index (χ3v) is 3.89. The summed E-state index contributed by atoms with van der Waals surface area (Å²) in [6, 6.07) is 0. The van der Waals surface area contributed by atoms with Gasteiger partial charge >= 0.3 is 0 Å². The maximum absolute atomic E-state index is 11.4. The molecular formula is C7H16N2O2S. The number of hydrogen-bond donors (Lipinski definition) is 2. The van der Waals surface area contributed by atoms with Crippen molar-refractivity contribution >= 4 is 10.0 Å². The van der Waals surface area contributed by atoms with Crippen LogP contribution in [0, 0.1) is 0 Å². The Hall–Kier alpha value is -0.130. The highest BCUT2D eigenvalue weighted by Crippen LogP contribution is 2.07. The van der Waals surface area contributed by atoms with Crippen molar-refractivity contribution < 1.29 is 8.42 Å². The zero-order valence-electron chi connectivity index (χ0n) is 7.34. The summed E-state index contributed by atoms with van der Waals surface area (Å²) < 4.78 is 25.5. The van der Waals surface area contributed by atoms with Gasteiger partial charge in [-0.05, 0) is 19.4 Å². The van der Waals surface area contributed by atoms with E-state index in [2.05, 4.69) is 10.0 Å². The summed E-state index contributed by atoms with van der Waals surface area (Å²) in [6.45, 7) is 3.92. The highest BCUT2D eigenvalue weighted by molar-refractivity contribution is 7.90. The maximum atomic E-state index is 11.4. The number of hydrogen-bond acceptors (Lipinski definition) is 3. The second kappa shape index (κ2) is 4.20. The van der Waals surface area contributed by atoms with Crippen LogP contribution in [0.3, 0.4) is 0 Å². The SMILES string of the molecule is CCCNS(=O)(=O)C1CCNC1. The van der Waals surface area contributed by atoms with E-state index in [1.165, 1.54) is 0 Å². The van der Waals surface area contributed by atoms with Crippen LogP contribution in [0.4, 0.5) is 0 Å². The molecule has 1 rings (SSSR count). The van der Waals surface area contributed by atoms with E-state index in [9.17, 15) is 8.42 Å². The highest BCUT2D eigenvalue weighted by atomic mass is 32.2. The Morgan fingerprint density at radius 1 is 1.58 bits per heavy atom. The molecule has 1 unspecified atom stereocenters. The molecule has 0 amide bonds. The van der Waals surface area contributed by atoms with Crippen molar-refractivity contribution in [1.82, 2.24) is 10.0 Å².